The summed E-state index contributed by atoms with van der Waals surface area (Å²) < 4.78 is 10.6. The Morgan fingerprint density at radius 3 is 2.67 bits per heavy atom. The highest BCUT2D eigenvalue weighted by molar-refractivity contribution is 14.0. The van der Waals surface area contributed by atoms with Gasteiger partial charge in [0.2, 0.25) is 0 Å². The molecule has 1 heterocycles. The minimum atomic E-state index is -0.789. The number of aliphatic imine (C=N–C) groups is 1. The number of nitrogens with zero attached hydrogens (tertiary/aromatic N) is 2. The lowest BCUT2D eigenvalue weighted by Crippen LogP contribution is -2.38. The van der Waals surface area contributed by atoms with E-state index >= 15 is 0 Å². The summed E-state index contributed by atoms with van der Waals surface area (Å²) in [5.74, 6) is 2.04. The van der Waals surface area contributed by atoms with Crippen molar-refractivity contribution in [3.63, 3.8) is 0 Å². The van der Waals surface area contributed by atoms with E-state index in [-0.39, 0.29) is 30.5 Å². The standard InChI is InChI=1S/C19H27N3O3S.HI/c1-5-20-19(22(2)12-14-8-9-26-13-14)21-11-17(23)16-10-15(24-3)6-7-18(16)25-4;/h6-10,13,17,23H,5,11-12H2,1-4H3,(H,20,21);1H. The zero-order valence-corrected chi connectivity index (χ0v) is 19.3. The lowest BCUT2D eigenvalue weighted by atomic mass is 10.1. The van der Waals surface area contributed by atoms with Crippen LogP contribution in [-0.4, -0.2) is 50.3 Å². The summed E-state index contributed by atoms with van der Waals surface area (Å²) in [5, 5.41) is 18.1. The number of aliphatic hydroxyl groups excluding tert-OH is 1. The van der Waals surface area contributed by atoms with Gasteiger partial charge in [0.25, 0.3) is 0 Å². The minimum absolute atomic E-state index is 0. The number of hydrogen-bond donors (Lipinski definition) is 2. The second-order valence-electron chi connectivity index (χ2n) is 5.81. The van der Waals surface area contributed by atoms with Gasteiger partial charge in [-0.05, 0) is 47.5 Å². The van der Waals surface area contributed by atoms with Crippen LogP contribution in [0.15, 0.2) is 40.0 Å². The predicted octanol–water partition coefficient (Wildman–Crippen LogP) is 3.51. The van der Waals surface area contributed by atoms with Crippen LogP contribution >= 0.6 is 35.3 Å². The zero-order valence-electron chi connectivity index (χ0n) is 16.1. The molecule has 0 radical (unpaired) electrons. The number of ether oxygens (including phenoxy) is 2. The third-order valence-corrected chi connectivity index (χ3v) is 4.64. The molecule has 0 aliphatic heterocycles. The van der Waals surface area contributed by atoms with Crippen molar-refractivity contribution < 1.29 is 14.6 Å². The number of rotatable bonds is 8. The third kappa shape index (κ3) is 6.86. The van der Waals surface area contributed by atoms with Crippen molar-refractivity contribution >= 4 is 41.3 Å². The molecule has 2 N–H and O–H groups in total. The van der Waals surface area contributed by atoms with Crippen LogP contribution in [0.4, 0.5) is 0 Å². The molecule has 2 rings (SSSR count). The van der Waals surface area contributed by atoms with Crippen LogP contribution in [0.25, 0.3) is 0 Å². The number of aliphatic hydroxyl groups is 1. The van der Waals surface area contributed by atoms with Crippen LogP contribution in [0, 0.1) is 0 Å². The highest BCUT2D eigenvalue weighted by Gasteiger charge is 2.15. The van der Waals surface area contributed by atoms with Crippen LogP contribution < -0.4 is 14.8 Å². The summed E-state index contributed by atoms with van der Waals surface area (Å²) in [5.41, 5.74) is 1.89. The van der Waals surface area contributed by atoms with Gasteiger partial charge in [0.1, 0.15) is 17.6 Å². The second-order valence-corrected chi connectivity index (χ2v) is 6.59. The van der Waals surface area contributed by atoms with Crippen molar-refractivity contribution in [1.29, 1.82) is 0 Å². The number of halogens is 1. The number of thiophene rings is 1. The molecule has 0 amide bonds. The van der Waals surface area contributed by atoms with E-state index in [1.165, 1.54) is 5.56 Å². The fraction of sp³-hybridized carbons (Fsp3) is 0.421. The van der Waals surface area contributed by atoms with Gasteiger partial charge in [0, 0.05) is 25.7 Å². The SMILES string of the molecule is CCNC(=NCC(O)c1cc(OC)ccc1OC)N(C)Cc1ccsc1.I. The minimum Gasteiger partial charge on any atom is -0.497 e. The van der Waals surface area contributed by atoms with Crippen LogP contribution in [-0.2, 0) is 6.54 Å². The van der Waals surface area contributed by atoms with E-state index in [0.717, 1.165) is 19.0 Å². The molecule has 0 bridgehead atoms. The van der Waals surface area contributed by atoms with E-state index < -0.39 is 6.10 Å². The first-order valence-corrected chi connectivity index (χ1v) is 9.43. The van der Waals surface area contributed by atoms with Gasteiger partial charge in [-0.3, -0.25) is 4.99 Å². The Bertz CT molecular complexity index is 710. The molecule has 150 valence electrons. The van der Waals surface area contributed by atoms with Gasteiger partial charge in [0.15, 0.2) is 5.96 Å². The molecule has 1 atom stereocenters. The molecule has 27 heavy (non-hydrogen) atoms. The van der Waals surface area contributed by atoms with E-state index in [0.29, 0.717) is 17.1 Å². The first-order valence-electron chi connectivity index (χ1n) is 8.49. The van der Waals surface area contributed by atoms with Crippen molar-refractivity contribution in [2.75, 3.05) is 34.4 Å². The van der Waals surface area contributed by atoms with E-state index in [9.17, 15) is 5.11 Å². The van der Waals surface area contributed by atoms with E-state index in [4.69, 9.17) is 9.47 Å². The molecular weight excluding hydrogens is 477 g/mol. The van der Waals surface area contributed by atoms with Crippen molar-refractivity contribution in [2.24, 2.45) is 4.99 Å². The van der Waals surface area contributed by atoms with Gasteiger partial charge in [-0.2, -0.15) is 11.3 Å². The quantitative estimate of drug-likeness (QED) is 0.327. The lowest BCUT2D eigenvalue weighted by molar-refractivity contribution is 0.181. The van der Waals surface area contributed by atoms with Crippen LogP contribution in [0.2, 0.25) is 0 Å². The monoisotopic (exact) mass is 505 g/mol. The predicted molar refractivity (Wildman–Crippen MR) is 122 cm³/mol. The molecule has 1 unspecified atom stereocenters. The Morgan fingerprint density at radius 1 is 1.30 bits per heavy atom. The fourth-order valence-electron chi connectivity index (χ4n) is 2.57. The number of methoxy groups -OCH3 is 2. The Balaban J connectivity index is 0.00000364. The topological polar surface area (TPSA) is 66.3 Å². The normalized spacial score (nSPS) is 12.1. The first kappa shape index (κ1) is 23.5. The largest absolute Gasteiger partial charge is 0.497 e. The Morgan fingerprint density at radius 2 is 2.07 bits per heavy atom. The van der Waals surface area contributed by atoms with E-state index in [1.807, 2.05) is 18.9 Å². The van der Waals surface area contributed by atoms with Gasteiger partial charge >= 0.3 is 0 Å². The molecule has 1 aromatic heterocycles. The van der Waals surface area contributed by atoms with Crippen molar-refractivity contribution in [2.45, 2.75) is 19.6 Å². The number of hydrogen-bond acceptors (Lipinski definition) is 5. The van der Waals surface area contributed by atoms with Gasteiger partial charge in [-0.15, -0.1) is 24.0 Å². The maximum Gasteiger partial charge on any atom is 0.194 e. The molecule has 0 aliphatic rings. The van der Waals surface area contributed by atoms with Crippen molar-refractivity contribution in [3.05, 3.63) is 46.2 Å². The summed E-state index contributed by atoms with van der Waals surface area (Å²) in [6.07, 6.45) is -0.789. The molecule has 1 aromatic carbocycles. The van der Waals surface area contributed by atoms with Crippen molar-refractivity contribution in [3.8, 4) is 11.5 Å². The van der Waals surface area contributed by atoms with Crippen LogP contribution in [0.5, 0.6) is 11.5 Å². The average Bonchev–Trinajstić information content (AvgIpc) is 3.17. The molecule has 0 saturated heterocycles. The molecule has 0 aliphatic carbocycles. The van der Waals surface area contributed by atoms with Crippen LogP contribution in [0.1, 0.15) is 24.2 Å². The van der Waals surface area contributed by atoms with Gasteiger partial charge in [-0.25, -0.2) is 0 Å². The first-order chi connectivity index (χ1) is 12.6. The summed E-state index contributed by atoms with van der Waals surface area (Å²) in [6.45, 7) is 3.76. The lowest BCUT2D eigenvalue weighted by Gasteiger charge is -2.22. The molecule has 8 heteroatoms. The van der Waals surface area contributed by atoms with E-state index in [2.05, 4.69) is 27.1 Å². The third-order valence-electron chi connectivity index (χ3n) is 3.91. The Kier molecular flexibility index (Phi) is 10.5. The number of nitrogens with one attached hydrogen (secondary N) is 1. The number of benzene rings is 1. The highest BCUT2D eigenvalue weighted by Crippen LogP contribution is 2.29. The summed E-state index contributed by atoms with van der Waals surface area (Å²) in [6, 6.07) is 7.47. The number of guanidine groups is 1. The van der Waals surface area contributed by atoms with Crippen molar-refractivity contribution in [1.82, 2.24) is 10.2 Å². The summed E-state index contributed by atoms with van der Waals surface area (Å²) in [7, 11) is 5.16. The Labute approximate surface area is 182 Å². The van der Waals surface area contributed by atoms with Crippen LogP contribution in [0.3, 0.4) is 0 Å². The molecule has 0 fully saturated rings. The van der Waals surface area contributed by atoms with Gasteiger partial charge in [-0.1, -0.05) is 0 Å². The molecule has 6 nitrogen and oxygen atoms in total. The zero-order chi connectivity index (χ0) is 18.9. The summed E-state index contributed by atoms with van der Waals surface area (Å²) >= 11 is 1.68. The molecule has 0 spiro atoms. The summed E-state index contributed by atoms with van der Waals surface area (Å²) in [4.78, 5) is 6.63. The van der Waals surface area contributed by atoms with Gasteiger partial charge in [0.05, 0.1) is 20.8 Å². The average molecular weight is 505 g/mol. The molecule has 0 saturated carbocycles. The smallest absolute Gasteiger partial charge is 0.194 e. The molecule has 2 aromatic rings. The van der Waals surface area contributed by atoms with E-state index in [1.54, 1.807) is 43.8 Å². The maximum atomic E-state index is 10.6. The maximum absolute atomic E-state index is 10.6. The van der Waals surface area contributed by atoms with Gasteiger partial charge < -0.3 is 24.8 Å². The highest BCUT2D eigenvalue weighted by atomic mass is 127. The molecular formula is C19H28IN3O3S. The fourth-order valence-corrected chi connectivity index (χ4v) is 3.23. The Hall–Kier alpha value is -1.52. The second kappa shape index (κ2) is 12.0.